The third-order valence-electron chi connectivity index (χ3n) is 4.78. The lowest BCUT2D eigenvalue weighted by atomic mass is 9.86. The van der Waals surface area contributed by atoms with Crippen molar-refractivity contribution in [3.05, 3.63) is 89.4 Å². The van der Waals surface area contributed by atoms with Gasteiger partial charge in [0.1, 0.15) is 11.3 Å². The van der Waals surface area contributed by atoms with E-state index < -0.39 is 5.54 Å². The molecule has 1 atom stereocenters. The van der Waals surface area contributed by atoms with Crippen molar-refractivity contribution in [2.75, 3.05) is 0 Å². The van der Waals surface area contributed by atoms with Crippen LogP contribution < -0.4 is 5.32 Å². The molecule has 1 unspecified atom stereocenters. The zero-order chi connectivity index (χ0) is 20.3. The van der Waals surface area contributed by atoms with Crippen molar-refractivity contribution in [2.45, 2.75) is 39.2 Å². The molecular formula is C24H25FN2O. The fourth-order valence-electron chi connectivity index (χ4n) is 3.69. The van der Waals surface area contributed by atoms with E-state index in [1.165, 1.54) is 6.07 Å². The van der Waals surface area contributed by atoms with Crippen LogP contribution in [0.25, 0.3) is 10.9 Å². The van der Waals surface area contributed by atoms with Crippen molar-refractivity contribution in [1.82, 2.24) is 10.3 Å². The Hall–Kier alpha value is -3.01. The van der Waals surface area contributed by atoms with Gasteiger partial charge in [0.15, 0.2) is 0 Å². The van der Waals surface area contributed by atoms with Gasteiger partial charge < -0.3 is 5.32 Å². The molecule has 0 aliphatic carbocycles. The van der Waals surface area contributed by atoms with Gasteiger partial charge in [-0.05, 0) is 51.3 Å². The van der Waals surface area contributed by atoms with E-state index in [9.17, 15) is 9.18 Å². The Morgan fingerprint density at radius 2 is 1.89 bits per heavy atom. The second-order valence-corrected chi connectivity index (χ2v) is 7.74. The van der Waals surface area contributed by atoms with E-state index in [-0.39, 0.29) is 17.2 Å². The zero-order valence-electron chi connectivity index (χ0n) is 16.6. The summed E-state index contributed by atoms with van der Waals surface area (Å²) in [5, 5.41) is 3.79. The lowest BCUT2D eigenvalue weighted by Crippen LogP contribution is -2.48. The Morgan fingerprint density at radius 1 is 1.18 bits per heavy atom. The topological polar surface area (TPSA) is 42.0 Å². The van der Waals surface area contributed by atoms with Gasteiger partial charge >= 0.3 is 0 Å². The molecule has 1 aromatic heterocycles. The first-order valence-corrected chi connectivity index (χ1v) is 9.34. The highest BCUT2D eigenvalue weighted by atomic mass is 19.1. The molecule has 4 heteroatoms. The number of aromatic nitrogens is 1. The van der Waals surface area contributed by atoms with Crippen LogP contribution in [-0.2, 0) is 6.42 Å². The summed E-state index contributed by atoms with van der Waals surface area (Å²) in [5.41, 5.74) is 2.89. The molecule has 3 rings (SSSR count). The molecule has 144 valence electrons. The summed E-state index contributed by atoms with van der Waals surface area (Å²) in [6.07, 6.45) is 1.34. The second kappa shape index (κ2) is 7.93. The number of aryl methyl sites for hydroxylation is 1. The number of hydrogen-bond donors (Lipinski definition) is 1. The lowest BCUT2D eigenvalue weighted by Gasteiger charge is -2.32. The molecule has 3 nitrogen and oxygen atoms in total. The summed E-state index contributed by atoms with van der Waals surface area (Å²) < 4.78 is 14.0. The van der Waals surface area contributed by atoms with Crippen LogP contribution in [0.1, 0.15) is 41.9 Å². The number of hydrogen-bond acceptors (Lipinski definition) is 2. The first kappa shape index (κ1) is 19.7. The third-order valence-corrected chi connectivity index (χ3v) is 4.78. The number of amides is 1. The summed E-state index contributed by atoms with van der Waals surface area (Å²) >= 11 is 0. The van der Waals surface area contributed by atoms with Gasteiger partial charge in [0.2, 0.25) is 0 Å². The quantitative estimate of drug-likeness (QED) is 0.587. The van der Waals surface area contributed by atoms with Crippen LogP contribution in [0.4, 0.5) is 4.39 Å². The van der Waals surface area contributed by atoms with Crippen molar-refractivity contribution in [1.29, 1.82) is 0 Å². The number of rotatable bonds is 6. The molecular weight excluding hydrogens is 351 g/mol. The van der Waals surface area contributed by atoms with E-state index in [4.69, 9.17) is 0 Å². The molecule has 0 aliphatic rings. The predicted octanol–water partition coefficient (Wildman–Crippen LogP) is 5.38. The Balaban J connectivity index is 1.92. The number of benzene rings is 2. The minimum atomic E-state index is -0.492. The Kier molecular flexibility index (Phi) is 5.59. The summed E-state index contributed by atoms with van der Waals surface area (Å²) in [5.74, 6) is -0.598. The van der Waals surface area contributed by atoms with Crippen molar-refractivity contribution < 1.29 is 9.18 Å². The molecule has 0 saturated heterocycles. The molecule has 1 N–H and O–H groups in total. The van der Waals surface area contributed by atoms with E-state index >= 15 is 0 Å². The van der Waals surface area contributed by atoms with E-state index in [0.29, 0.717) is 29.5 Å². The zero-order valence-corrected chi connectivity index (χ0v) is 16.6. The van der Waals surface area contributed by atoms with Crippen LogP contribution in [0.5, 0.6) is 0 Å². The van der Waals surface area contributed by atoms with Crippen molar-refractivity contribution >= 4 is 16.8 Å². The number of nitrogens with one attached hydrogen (secondary N) is 1. The number of carbonyl (C=O) groups excluding carboxylic acids is 1. The van der Waals surface area contributed by atoms with Crippen LogP contribution in [0, 0.1) is 12.7 Å². The number of para-hydroxylation sites is 1. The molecule has 0 aliphatic heterocycles. The third kappa shape index (κ3) is 4.45. The van der Waals surface area contributed by atoms with Crippen LogP contribution in [0.15, 0.2) is 66.7 Å². The van der Waals surface area contributed by atoms with Gasteiger partial charge in [-0.1, -0.05) is 48.0 Å². The van der Waals surface area contributed by atoms with E-state index in [2.05, 4.69) is 29.0 Å². The fourth-order valence-corrected chi connectivity index (χ4v) is 3.69. The van der Waals surface area contributed by atoms with Gasteiger partial charge in [-0.2, -0.15) is 0 Å². The first-order chi connectivity index (χ1) is 13.3. The van der Waals surface area contributed by atoms with Gasteiger partial charge in [-0.15, -0.1) is 6.58 Å². The largest absolute Gasteiger partial charge is 0.346 e. The normalized spacial score (nSPS) is 13.1. The van der Waals surface area contributed by atoms with Crippen LogP contribution in [0.3, 0.4) is 0 Å². The lowest BCUT2D eigenvalue weighted by molar-refractivity contribution is 0.0904. The number of carbonyl (C=O) groups is 1. The summed E-state index contributed by atoms with van der Waals surface area (Å²) in [6, 6.07) is 16.5. The average molecular weight is 376 g/mol. The molecule has 3 aromatic rings. The molecule has 1 heterocycles. The SMILES string of the molecule is C=C(C)CC(C)(Cc1ccccc1)NC(=O)c1cc2cccc(F)c2nc1C. The van der Waals surface area contributed by atoms with Crippen molar-refractivity contribution in [3.63, 3.8) is 0 Å². The first-order valence-electron chi connectivity index (χ1n) is 9.34. The molecule has 2 aromatic carbocycles. The van der Waals surface area contributed by atoms with Gasteiger partial charge in [-0.25, -0.2) is 9.37 Å². The Labute approximate surface area is 165 Å². The van der Waals surface area contributed by atoms with Crippen LogP contribution in [-0.4, -0.2) is 16.4 Å². The minimum absolute atomic E-state index is 0.212. The number of nitrogens with zero attached hydrogens (tertiary/aromatic N) is 1. The smallest absolute Gasteiger partial charge is 0.253 e. The maximum absolute atomic E-state index is 14.0. The Morgan fingerprint density at radius 3 is 2.57 bits per heavy atom. The highest BCUT2D eigenvalue weighted by Gasteiger charge is 2.28. The molecule has 0 spiro atoms. The maximum atomic E-state index is 14.0. The van der Waals surface area contributed by atoms with E-state index in [1.807, 2.05) is 32.0 Å². The maximum Gasteiger partial charge on any atom is 0.253 e. The number of fused-ring (bicyclic) bond motifs is 1. The second-order valence-electron chi connectivity index (χ2n) is 7.74. The highest BCUT2D eigenvalue weighted by Crippen LogP contribution is 2.24. The summed E-state index contributed by atoms with van der Waals surface area (Å²) in [6.45, 7) is 9.74. The van der Waals surface area contributed by atoms with Gasteiger partial charge in [0, 0.05) is 10.9 Å². The van der Waals surface area contributed by atoms with Crippen LogP contribution in [0.2, 0.25) is 0 Å². The van der Waals surface area contributed by atoms with E-state index in [0.717, 1.165) is 11.1 Å². The monoisotopic (exact) mass is 376 g/mol. The highest BCUT2D eigenvalue weighted by molar-refractivity contribution is 5.99. The molecule has 0 saturated carbocycles. The predicted molar refractivity (Wildman–Crippen MR) is 112 cm³/mol. The standard InChI is InChI=1S/C24H25FN2O/c1-16(2)14-24(4,15-18-9-6-5-7-10-18)27-23(28)20-13-19-11-8-12-21(25)22(19)26-17(20)3/h5-13H,1,14-15H2,2-4H3,(H,27,28). The number of pyridine rings is 1. The molecule has 0 radical (unpaired) electrons. The van der Waals surface area contributed by atoms with Gasteiger partial charge in [-0.3, -0.25) is 4.79 Å². The van der Waals surface area contributed by atoms with Gasteiger partial charge in [0.05, 0.1) is 11.3 Å². The summed E-state index contributed by atoms with van der Waals surface area (Å²) in [4.78, 5) is 17.4. The van der Waals surface area contributed by atoms with Crippen LogP contribution >= 0.6 is 0 Å². The molecule has 28 heavy (non-hydrogen) atoms. The molecule has 1 amide bonds. The molecule has 0 bridgehead atoms. The van der Waals surface area contributed by atoms with Crippen molar-refractivity contribution in [3.8, 4) is 0 Å². The fraction of sp³-hybridized carbons (Fsp3) is 0.250. The van der Waals surface area contributed by atoms with Crippen molar-refractivity contribution in [2.24, 2.45) is 0 Å². The summed E-state index contributed by atoms with van der Waals surface area (Å²) in [7, 11) is 0. The van der Waals surface area contributed by atoms with E-state index in [1.54, 1.807) is 25.1 Å². The molecule has 0 fully saturated rings. The Bertz CT molecular complexity index is 1030. The minimum Gasteiger partial charge on any atom is -0.346 e. The average Bonchev–Trinajstić information content (AvgIpc) is 2.61. The van der Waals surface area contributed by atoms with Gasteiger partial charge in [0.25, 0.3) is 5.91 Å². The number of halogens is 1.